The molecule has 1 aromatic rings. The van der Waals surface area contributed by atoms with Crippen molar-refractivity contribution in [3.8, 4) is 5.75 Å². The third kappa shape index (κ3) is 5.60. The van der Waals surface area contributed by atoms with E-state index in [-0.39, 0.29) is 18.5 Å². The second-order valence-electron chi connectivity index (χ2n) is 5.54. The van der Waals surface area contributed by atoms with Crippen LogP contribution in [0.3, 0.4) is 0 Å². The number of hydrogen-bond donors (Lipinski definition) is 1. The molecule has 0 spiro atoms. The van der Waals surface area contributed by atoms with E-state index in [1.807, 2.05) is 19.9 Å². The van der Waals surface area contributed by atoms with Crippen molar-refractivity contribution in [3.63, 3.8) is 0 Å². The monoisotopic (exact) mass is 305 g/mol. The zero-order valence-electron chi connectivity index (χ0n) is 13.5. The number of ether oxygens (including phenoxy) is 1. The fourth-order valence-electron chi connectivity index (χ4n) is 1.82. The van der Waals surface area contributed by atoms with E-state index in [4.69, 9.17) is 9.84 Å². The van der Waals surface area contributed by atoms with Gasteiger partial charge in [-0.3, -0.25) is 9.59 Å². The van der Waals surface area contributed by atoms with Crippen molar-refractivity contribution in [1.82, 2.24) is 4.90 Å². The lowest BCUT2D eigenvalue weighted by Crippen LogP contribution is -2.40. The molecule has 0 bridgehead atoms. The van der Waals surface area contributed by atoms with E-state index in [0.29, 0.717) is 17.9 Å². The highest BCUT2D eigenvalue weighted by Crippen LogP contribution is 2.16. The van der Waals surface area contributed by atoms with Gasteiger partial charge < -0.3 is 14.7 Å². The van der Waals surface area contributed by atoms with Gasteiger partial charge in [-0.25, -0.2) is 0 Å². The van der Waals surface area contributed by atoms with E-state index in [9.17, 15) is 9.59 Å². The van der Waals surface area contributed by atoms with Gasteiger partial charge in [-0.05, 0) is 52.0 Å². The third-order valence-electron chi connectivity index (χ3n) is 3.01. The molecule has 1 aromatic carbocycles. The summed E-state index contributed by atoms with van der Waals surface area (Å²) >= 11 is 0. The summed E-state index contributed by atoms with van der Waals surface area (Å²) in [5.74, 6) is -0.759. The average molecular weight is 305 g/mol. The van der Waals surface area contributed by atoms with Crippen LogP contribution in [0.25, 0.3) is 0 Å². The van der Waals surface area contributed by atoms with Gasteiger partial charge in [-0.2, -0.15) is 0 Å². The van der Waals surface area contributed by atoms with E-state index < -0.39 is 5.97 Å². The van der Waals surface area contributed by atoms with Gasteiger partial charge in [0.25, 0.3) is 5.91 Å². The maximum absolute atomic E-state index is 12.5. The molecular weight excluding hydrogens is 282 g/mol. The second-order valence-corrected chi connectivity index (χ2v) is 5.54. The Kier molecular flexibility index (Phi) is 6.63. The van der Waals surface area contributed by atoms with Gasteiger partial charge in [0.2, 0.25) is 0 Å². The first kappa shape index (κ1) is 17.8. The van der Waals surface area contributed by atoms with E-state index in [0.717, 1.165) is 5.57 Å². The normalized spacial score (nSPS) is 10.2. The summed E-state index contributed by atoms with van der Waals surface area (Å²) in [5.41, 5.74) is 1.57. The van der Waals surface area contributed by atoms with Crippen LogP contribution in [0.1, 0.15) is 38.1 Å². The first-order chi connectivity index (χ1) is 10.3. The van der Waals surface area contributed by atoms with Gasteiger partial charge in [0.05, 0.1) is 0 Å². The number of allylic oxidation sites excluding steroid dienone is 1. The fourth-order valence-corrected chi connectivity index (χ4v) is 1.82. The van der Waals surface area contributed by atoms with Crippen molar-refractivity contribution in [3.05, 3.63) is 41.5 Å². The molecule has 0 saturated carbocycles. The number of aliphatic carboxylic acids is 1. The van der Waals surface area contributed by atoms with Crippen LogP contribution in [0.4, 0.5) is 0 Å². The maximum atomic E-state index is 12.5. The lowest BCUT2D eigenvalue weighted by molar-refractivity contribution is -0.138. The van der Waals surface area contributed by atoms with Crippen LogP contribution in [0.5, 0.6) is 5.75 Å². The van der Waals surface area contributed by atoms with Crippen molar-refractivity contribution >= 4 is 11.9 Å². The molecule has 0 unspecified atom stereocenters. The van der Waals surface area contributed by atoms with Gasteiger partial charge in [0, 0.05) is 11.6 Å². The standard InChI is InChI=1S/C17H23NO4/c1-12(2)8-9-22-15-7-5-6-14(10-15)17(21)18(13(3)4)11-16(19)20/h5-8,10,13H,9,11H2,1-4H3,(H,19,20). The van der Waals surface area contributed by atoms with E-state index >= 15 is 0 Å². The number of rotatable bonds is 7. The second kappa shape index (κ2) is 8.22. The molecule has 0 fully saturated rings. The highest BCUT2D eigenvalue weighted by atomic mass is 16.5. The molecule has 0 aromatic heterocycles. The summed E-state index contributed by atoms with van der Waals surface area (Å²) in [7, 11) is 0. The van der Waals surface area contributed by atoms with Crippen LogP contribution in [-0.4, -0.2) is 41.1 Å². The summed E-state index contributed by atoms with van der Waals surface area (Å²) in [4.78, 5) is 24.7. The molecule has 0 atom stereocenters. The molecule has 1 rings (SSSR count). The summed E-state index contributed by atoms with van der Waals surface area (Å²) in [6, 6.07) is 6.60. The minimum atomic E-state index is -1.03. The van der Waals surface area contributed by atoms with Crippen LogP contribution in [0.15, 0.2) is 35.9 Å². The molecule has 5 nitrogen and oxygen atoms in total. The topological polar surface area (TPSA) is 66.8 Å². The summed E-state index contributed by atoms with van der Waals surface area (Å²) in [6.07, 6.45) is 1.94. The largest absolute Gasteiger partial charge is 0.490 e. The Bertz CT molecular complexity index is 560. The minimum absolute atomic E-state index is 0.196. The van der Waals surface area contributed by atoms with Crippen LogP contribution in [-0.2, 0) is 4.79 Å². The zero-order valence-corrected chi connectivity index (χ0v) is 13.5. The molecule has 22 heavy (non-hydrogen) atoms. The highest BCUT2D eigenvalue weighted by Gasteiger charge is 2.21. The number of carbonyl (C=O) groups excluding carboxylic acids is 1. The van der Waals surface area contributed by atoms with Gasteiger partial charge in [-0.15, -0.1) is 0 Å². The van der Waals surface area contributed by atoms with E-state index in [1.54, 1.807) is 38.1 Å². The number of nitrogens with zero attached hydrogens (tertiary/aromatic N) is 1. The van der Waals surface area contributed by atoms with E-state index in [1.165, 1.54) is 4.90 Å². The number of benzene rings is 1. The number of carboxylic acids is 1. The minimum Gasteiger partial charge on any atom is -0.490 e. The van der Waals surface area contributed by atoms with Gasteiger partial charge in [0.15, 0.2) is 0 Å². The molecule has 120 valence electrons. The molecular formula is C17H23NO4. The Morgan fingerprint density at radius 3 is 2.55 bits per heavy atom. The SMILES string of the molecule is CC(C)=CCOc1cccc(C(=O)N(CC(=O)O)C(C)C)c1. The highest BCUT2D eigenvalue weighted by molar-refractivity contribution is 5.96. The molecule has 0 aliphatic carbocycles. The molecule has 0 saturated heterocycles. The van der Waals surface area contributed by atoms with Crippen molar-refractivity contribution in [2.75, 3.05) is 13.2 Å². The van der Waals surface area contributed by atoms with Crippen molar-refractivity contribution < 1.29 is 19.4 Å². The number of carbonyl (C=O) groups is 2. The summed E-state index contributed by atoms with van der Waals surface area (Å²) in [5, 5.41) is 8.93. The first-order valence-electron chi connectivity index (χ1n) is 7.20. The van der Waals surface area contributed by atoms with Crippen LogP contribution in [0, 0.1) is 0 Å². The van der Waals surface area contributed by atoms with Crippen LogP contribution in [0.2, 0.25) is 0 Å². The van der Waals surface area contributed by atoms with Crippen molar-refractivity contribution in [2.45, 2.75) is 33.7 Å². The third-order valence-corrected chi connectivity index (χ3v) is 3.01. The molecule has 0 aliphatic heterocycles. The molecule has 0 radical (unpaired) electrons. The predicted molar refractivity (Wildman–Crippen MR) is 85.2 cm³/mol. The van der Waals surface area contributed by atoms with Crippen molar-refractivity contribution in [1.29, 1.82) is 0 Å². The Hall–Kier alpha value is -2.30. The predicted octanol–water partition coefficient (Wildman–Crippen LogP) is 2.97. The molecule has 1 amide bonds. The van der Waals surface area contributed by atoms with Gasteiger partial charge >= 0.3 is 5.97 Å². The first-order valence-corrected chi connectivity index (χ1v) is 7.20. The molecule has 1 N–H and O–H groups in total. The quantitative estimate of drug-likeness (QED) is 0.786. The van der Waals surface area contributed by atoms with Crippen LogP contribution < -0.4 is 4.74 Å². The average Bonchev–Trinajstić information content (AvgIpc) is 2.43. The lowest BCUT2D eigenvalue weighted by Gasteiger charge is -2.25. The lowest BCUT2D eigenvalue weighted by atomic mass is 10.1. The maximum Gasteiger partial charge on any atom is 0.323 e. The van der Waals surface area contributed by atoms with E-state index in [2.05, 4.69) is 0 Å². The Balaban J connectivity index is 2.88. The van der Waals surface area contributed by atoms with Gasteiger partial charge in [-0.1, -0.05) is 11.6 Å². The Morgan fingerprint density at radius 2 is 2.00 bits per heavy atom. The van der Waals surface area contributed by atoms with Gasteiger partial charge in [0.1, 0.15) is 18.9 Å². The Morgan fingerprint density at radius 1 is 1.32 bits per heavy atom. The molecule has 0 aliphatic rings. The smallest absolute Gasteiger partial charge is 0.323 e. The molecule has 0 heterocycles. The molecule has 5 heteroatoms. The summed E-state index contributed by atoms with van der Waals surface area (Å²) < 4.78 is 5.57. The number of amides is 1. The zero-order chi connectivity index (χ0) is 16.7. The fraction of sp³-hybridized carbons (Fsp3) is 0.412. The van der Waals surface area contributed by atoms with Crippen molar-refractivity contribution in [2.24, 2.45) is 0 Å². The number of hydrogen-bond acceptors (Lipinski definition) is 3. The Labute approximate surface area is 131 Å². The summed E-state index contributed by atoms with van der Waals surface area (Å²) in [6.45, 7) is 7.65. The number of carboxylic acid groups (broad SMARTS) is 1. The van der Waals surface area contributed by atoms with Crippen LogP contribution >= 0.6 is 0 Å².